The van der Waals surface area contributed by atoms with E-state index in [1.54, 1.807) is 6.07 Å². The molecule has 7 heteroatoms. The molecule has 19 heavy (non-hydrogen) atoms. The molecule has 0 bridgehead atoms. The number of aryl methyl sites for hydroxylation is 2. The van der Waals surface area contributed by atoms with Gasteiger partial charge in [-0.15, -0.1) is 0 Å². The van der Waals surface area contributed by atoms with Gasteiger partial charge in [-0.1, -0.05) is 6.07 Å². The molecule has 1 aromatic carbocycles. The van der Waals surface area contributed by atoms with Crippen LogP contribution < -0.4 is 0 Å². The second-order valence-corrected chi connectivity index (χ2v) is 4.25. The van der Waals surface area contributed by atoms with Crippen LogP contribution in [0.1, 0.15) is 5.82 Å². The Bertz CT molecular complexity index is 805. The lowest BCUT2D eigenvalue weighted by Crippen LogP contribution is -1.89. The normalized spacial score (nSPS) is 10.6. The van der Waals surface area contributed by atoms with Gasteiger partial charge in [0.2, 0.25) is 0 Å². The molecular formula is C12H11N7. The zero-order chi connectivity index (χ0) is 13.4. The number of nitrogens with zero attached hydrogens (tertiary/aromatic N) is 6. The standard InChI is InChI=1S/C12H11N7/c1-7-14-10-5-8(3-4-11(10)19(7)2)9-6-12(16-15-9)17-18-13/h3-6H,1-2H3,(H,15,16). The fraction of sp³-hybridized carbons (Fsp3) is 0.167. The Morgan fingerprint density at radius 1 is 1.37 bits per heavy atom. The maximum absolute atomic E-state index is 8.37. The molecule has 0 saturated carbocycles. The van der Waals surface area contributed by atoms with Crippen molar-refractivity contribution in [2.24, 2.45) is 12.2 Å². The van der Waals surface area contributed by atoms with E-state index in [2.05, 4.69) is 25.2 Å². The average molecular weight is 253 g/mol. The van der Waals surface area contributed by atoms with E-state index in [1.165, 1.54) is 0 Å². The van der Waals surface area contributed by atoms with Gasteiger partial charge in [-0.2, -0.15) is 5.10 Å². The average Bonchev–Trinajstić information content (AvgIpc) is 2.96. The number of imidazole rings is 1. The number of azide groups is 1. The third-order valence-electron chi connectivity index (χ3n) is 3.12. The van der Waals surface area contributed by atoms with Crippen LogP contribution in [0.25, 0.3) is 32.7 Å². The minimum atomic E-state index is 0.398. The molecular weight excluding hydrogens is 242 g/mol. The Morgan fingerprint density at radius 2 is 2.21 bits per heavy atom. The van der Waals surface area contributed by atoms with Crippen LogP contribution in [0.2, 0.25) is 0 Å². The molecule has 0 aliphatic carbocycles. The number of aromatic nitrogens is 4. The predicted octanol–water partition coefficient (Wildman–Crippen LogP) is 3.21. The summed E-state index contributed by atoms with van der Waals surface area (Å²) in [6, 6.07) is 7.65. The molecule has 0 unspecified atom stereocenters. The summed E-state index contributed by atoms with van der Waals surface area (Å²) in [5, 5.41) is 10.3. The quantitative estimate of drug-likeness (QED) is 0.431. The third-order valence-corrected chi connectivity index (χ3v) is 3.12. The lowest BCUT2D eigenvalue weighted by molar-refractivity contribution is 0.886. The first-order chi connectivity index (χ1) is 9.19. The molecule has 0 atom stereocenters. The van der Waals surface area contributed by atoms with Crippen molar-refractivity contribution < 1.29 is 0 Å². The van der Waals surface area contributed by atoms with Crippen LogP contribution in [0.4, 0.5) is 5.82 Å². The first-order valence-electron chi connectivity index (χ1n) is 5.73. The number of benzene rings is 1. The van der Waals surface area contributed by atoms with Crippen LogP contribution in [0.15, 0.2) is 29.4 Å². The molecule has 7 nitrogen and oxygen atoms in total. The minimum absolute atomic E-state index is 0.398. The van der Waals surface area contributed by atoms with E-state index in [0.29, 0.717) is 5.82 Å². The van der Waals surface area contributed by atoms with Gasteiger partial charge < -0.3 is 4.57 Å². The molecule has 0 radical (unpaired) electrons. The van der Waals surface area contributed by atoms with Crippen molar-refractivity contribution in [2.75, 3.05) is 0 Å². The maximum atomic E-state index is 8.37. The number of H-pyrrole nitrogens is 1. The number of hydrogen-bond donors (Lipinski definition) is 1. The Kier molecular flexibility index (Phi) is 2.47. The van der Waals surface area contributed by atoms with Gasteiger partial charge in [-0.25, -0.2) is 4.98 Å². The van der Waals surface area contributed by atoms with Crippen LogP contribution in [-0.4, -0.2) is 19.7 Å². The smallest absolute Gasteiger partial charge is 0.122 e. The molecule has 3 aromatic rings. The van der Waals surface area contributed by atoms with E-state index >= 15 is 0 Å². The van der Waals surface area contributed by atoms with Gasteiger partial charge in [0.05, 0.1) is 16.7 Å². The van der Waals surface area contributed by atoms with Crippen molar-refractivity contribution >= 4 is 16.9 Å². The SMILES string of the molecule is Cc1nc2cc(-c3cc(N=[N+]=[N-])[nH]n3)ccc2n1C. The fourth-order valence-electron chi connectivity index (χ4n) is 2.04. The third kappa shape index (κ3) is 1.82. The number of aromatic amines is 1. The molecule has 0 fully saturated rings. The van der Waals surface area contributed by atoms with E-state index in [0.717, 1.165) is 28.1 Å². The van der Waals surface area contributed by atoms with E-state index < -0.39 is 0 Å². The molecule has 0 spiro atoms. The monoisotopic (exact) mass is 253 g/mol. The van der Waals surface area contributed by atoms with Crippen molar-refractivity contribution in [1.82, 2.24) is 19.7 Å². The van der Waals surface area contributed by atoms with Crippen molar-refractivity contribution in [1.29, 1.82) is 0 Å². The van der Waals surface area contributed by atoms with Crippen LogP contribution >= 0.6 is 0 Å². The minimum Gasteiger partial charge on any atom is -0.331 e. The summed E-state index contributed by atoms with van der Waals surface area (Å²) in [6.07, 6.45) is 0. The Balaban J connectivity index is 2.11. The Morgan fingerprint density at radius 3 is 3.00 bits per heavy atom. The first kappa shape index (κ1) is 11.3. The summed E-state index contributed by atoms with van der Waals surface area (Å²) in [4.78, 5) is 7.20. The van der Waals surface area contributed by atoms with E-state index in [1.807, 2.05) is 36.7 Å². The maximum Gasteiger partial charge on any atom is 0.122 e. The summed E-state index contributed by atoms with van der Waals surface area (Å²) >= 11 is 0. The molecule has 2 heterocycles. The molecule has 2 aromatic heterocycles. The van der Waals surface area contributed by atoms with Gasteiger partial charge >= 0.3 is 0 Å². The zero-order valence-electron chi connectivity index (χ0n) is 10.5. The van der Waals surface area contributed by atoms with Gasteiger partial charge in [-0.05, 0) is 35.8 Å². The molecule has 3 rings (SSSR count). The van der Waals surface area contributed by atoms with Crippen molar-refractivity contribution in [3.8, 4) is 11.3 Å². The van der Waals surface area contributed by atoms with Gasteiger partial charge in [0.15, 0.2) is 0 Å². The van der Waals surface area contributed by atoms with E-state index in [-0.39, 0.29) is 0 Å². The van der Waals surface area contributed by atoms with Crippen LogP contribution in [-0.2, 0) is 7.05 Å². The lowest BCUT2D eigenvalue weighted by atomic mass is 10.1. The Labute approximate surface area is 108 Å². The van der Waals surface area contributed by atoms with Crippen LogP contribution in [0, 0.1) is 6.92 Å². The molecule has 0 aliphatic rings. The van der Waals surface area contributed by atoms with Crippen LogP contribution in [0.5, 0.6) is 0 Å². The largest absolute Gasteiger partial charge is 0.331 e. The number of nitrogens with one attached hydrogen (secondary N) is 1. The Hall–Kier alpha value is -2.79. The predicted molar refractivity (Wildman–Crippen MR) is 71.8 cm³/mol. The van der Waals surface area contributed by atoms with Crippen molar-refractivity contribution in [3.63, 3.8) is 0 Å². The zero-order valence-corrected chi connectivity index (χ0v) is 10.5. The van der Waals surface area contributed by atoms with E-state index in [9.17, 15) is 0 Å². The molecule has 0 amide bonds. The first-order valence-corrected chi connectivity index (χ1v) is 5.73. The van der Waals surface area contributed by atoms with Gasteiger partial charge in [0, 0.05) is 17.5 Å². The second kappa shape index (κ2) is 4.15. The highest BCUT2D eigenvalue weighted by atomic mass is 15.2. The fourth-order valence-corrected chi connectivity index (χ4v) is 2.04. The van der Waals surface area contributed by atoms with E-state index in [4.69, 9.17) is 5.53 Å². The van der Waals surface area contributed by atoms with Crippen LogP contribution in [0.3, 0.4) is 0 Å². The summed E-state index contributed by atoms with van der Waals surface area (Å²) < 4.78 is 2.04. The highest BCUT2D eigenvalue weighted by molar-refractivity contribution is 5.82. The topological polar surface area (TPSA) is 95.3 Å². The van der Waals surface area contributed by atoms with Gasteiger partial charge in [-0.3, -0.25) is 5.10 Å². The summed E-state index contributed by atoms with van der Waals surface area (Å²) in [5.41, 5.74) is 12.0. The van der Waals surface area contributed by atoms with Gasteiger partial charge in [0.1, 0.15) is 11.6 Å². The molecule has 94 valence electrons. The number of fused-ring (bicyclic) bond motifs is 1. The number of rotatable bonds is 2. The second-order valence-electron chi connectivity index (χ2n) is 4.25. The summed E-state index contributed by atoms with van der Waals surface area (Å²) in [7, 11) is 1.98. The molecule has 1 N–H and O–H groups in total. The van der Waals surface area contributed by atoms with Crippen molar-refractivity contribution in [3.05, 3.63) is 40.5 Å². The summed E-state index contributed by atoms with van der Waals surface area (Å²) in [5.74, 6) is 1.36. The molecule has 0 aliphatic heterocycles. The summed E-state index contributed by atoms with van der Waals surface area (Å²) in [6.45, 7) is 1.97. The highest BCUT2D eigenvalue weighted by Crippen LogP contribution is 2.25. The molecule has 0 saturated heterocycles. The van der Waals surface area contributed by atoms with Crippen molar-refractivity contribution in [2.45, 2.75) is 6.92 Å². The highest BCUT2D eigenvalue weighted by Gasteiger charge is 2.08. The number of hydrogen-bond acceptors (Lipinski definition) is 3. The lowest BCUT2D eigenvalue weighted by Gasteiger charge is -1.98. The van der Waals surface area contributed by atoms with Gasteiger partial charge in [0.25, 0.3) is 0 Å².